The van der Waals surface area contributed by atoms with Gasteiger partial charge in [0.15, 0.2) is 6.61 Å². The number of benzene rings is 2. The van der Waals surface area contributed by atoms with E-state index in [9.17, 15) is 4.79 Å². The first-order chi connectivity index (χ1) is 12.6. The molecule has 3 rings (SSSR count). The molecule has 2 aromatic rings. The second-order valence-electron chi connectivity index (χ2n) is 6.34. The Morgan fingerprint density at radius 3 is 2.54 bits per heavy atom. The molecule has 1 unspecified atom stereocenters. The highest BCUT2D eigenvalue weighted by molar-refractivity contribution is 6.35. The van der Waals surface area contributed by atoms with Crippen molar-refractivity contribution in [3.8, 4) is 5.75 Å². The number of nitrogens with zero attached hydrogens (tertiary/aromatic N) is 1. The van der Waals surface area contributed by atoms with E-state index in [1.54, 1.807) is 18.2 Å². The number of ether oxygens (including phenoxy) is 1. The monoisotopic (exact) mass is 392 g/mol. The van der Waals surface area contributed by atoms with Gasteiger partial charge in [-0.25, -0.2) is 0 Å². The molecule has 0 radical (unpaired) electrons. The predicted octanol–water partition coefficient (Wildman–Crippen LogP) is 4.33. The van der Waals surface area contributed by atoms with Crippen LogP contribution in [0.5, 0.6) is 5.75 Å². The first-order valence-corrected chi connectivity index (χ1v) is 9.52. The lowest BCUT2D eigenvalue weighted by Crippen LogP contribution is -2.38. The Labute approximate surface area is 164 Å². The standard InChI is InChI=1S/C20H22Cl2N2O2/c21-16-8-9-19(17(22)12-16)26-14-20(25)23-13-18(24-10-4-5-11-24)15-6-2-1-3-7-15/h1-3,6-9,12,18H,4-5,10-11,13-14H2,(H,23,25). The molecule has 2 aromatic carbocycles. The highest BCUT2D eigenvalue weighted by atomic mass is 35.5. The molecular formula is C20H22Cl2N2O2. The van der Waals surface area contributed by atoms with Crippen molar-refractivity contribution < 1.29 is 9.53 Å². The lowest BCUT2D eigenvalue weighted by molar-refractivity contribution is -0.123. The van der Waals surface area contributed by atoms with E-state index in [1.807, 2.05) is 18.2 Å². The molecule has 1 aliphatic heterocycles. The second-order valence-corrected chi connectivity index (χ2v) is 7.18. The zero-order chi connectivity index (χ0) is 18.4. The molecule has 1 atom stereocenters. The van der Waals surface area contributed by atoms with Crippen molar-refractivity contribution in [3.63, 3.8) is 0 Å². The number of hydrogen-bond acceptors (Lipinski definition) is 3. The molecule has 0 spiro atoms. The summed E-state index contributed by atoms with van der Waals surface area (Å²) in [6.07, 6.45) is 2.41. The van der Waals surface area contributed by atoms with Crippen LogP contribution in [0.15, 0.2) is 48.5 Å². The van der Waals surface area contributed by atoms with Crippen LogP contribution >= 0.6 is 23.2 Å². The number of carbonyl (C=O) groups excluding carboxylic acids is 1. The van der Waals surface area contributed by atoms with Crippen LogP contribution in [0.2, 0.25) is 10.0 Å². The summed E-state index contributed by atoms with van der Waals surface area (Å²) in [7, 11) is 0. The summed E-state index contributed by atoms with van der Waals surface area (Å²) in [5, 5.41) is 3.91. The lowest BCUT2D eigenvalue weighted by atomic mass is 10.1. The van der Waals surface area contributed by atoms with Crippen LogP contribution in [0.4, 0.5) is 0 Å². The molecule has 4 nitrogen and oxygen atoms in total. The van der Waals surface area contributed by atoms with E-state index in [0.29, 0.717) is 22.3 Å². The van der Waals surface area contributed by atoms with Crippen LogP contribution in [-0.4, -0.2) is 37.0 Å². The summed E-state index contributed by atoms with van der Waals surface area (Å²) in [4.78, 5) is 14.6. The van der Waals surface area contributed by atoms with Gasteiger partial charge in [0.25, 0.3) is 5.91 Å². The van der Waals surface area contributed by atoms with E-state index < -0.39 is 0 Å². The Kier molecular flexibility index (Phi) is 6.78. The SMILES string of the molecule is O=C(COc1ccc(Cl)cc1Cl)NCC(c1ccccc1)N1CCCC1. The fourth-order valence-corrected chi connectivity index (χ4v) is 3.65. The molecule has 6 heteroatoms. The van der Waals surface area contributed by atoms with Crippen LogP contribution in [0.1, 0.15) is 24.4 Å². The number of hydrogen-bond donors (Lipinski definition) is 1. The number of nitrogens with one attached hydrogen (secondary N) is 1. The van der Waals surface area contributed by atoms with E-state index in [0.717, 1.165) is 13.1 Å². The Bertz CT molecular complexity index is 734. The van der Waals surface area contributed by atoms with E-state index >= 15 is 0 Å². The number of carbonyl (C=O) groups is 1. The van der Waals surface area contributed by atoms with Crippen molar-refractivity contribution in [3.05, 3.63) is 64.1 Å². The zero-order valence-electron chi connectivity index (χ0n) is 14.5. The van der Waals surface area contributed by atoms with E-state index in [2.05, 4.69) is 22.3 Å². The summed E-state index contributed by atoms with van der Waals surface area (Å²) >= 11 is 11.9. The highest BCUT2D eigenvalue weighted by Gasteiger charge is 2.23. The summed E-state index contributed by atoms with van der Waals surface area (Å²) in [6.45, 7) is 2.60. The van der Waals surface area contributed by atoms with Gasteiger partial charge < -0.3 is 10.1 Å². The molecule has 0 aliphatic carbocycles. The largest absolute Gasteiger partial charge is 0.482 e. The average Bonchev–Trinajstić information content (AvgIpc) is 3.16. The number of rotatable bonds is 7. The minimum absolute atomic E-state index is 0.0805. The molecule has 1 heterocycles. The van der Waals surface area contributed by atoms with Crippen molar-refractivity contribution in [1.29, 1.82) is 0 Å². The van der Waals surface area contributed by atoms with Crippen molar-refractivity contribution in [2.75, 3.05) is 26.2 Å². The van der Waals surface area contributed by atoms with Crippen molar-refractivity contribution in [1.82, 2.24) is 10.2 Å². The van der Waals surface area contributed by atoms with Crippen molar-refractivity contribution in [2.24, 2.45) is 0 Å². The van der Waals surface area contributed by atoms with Crippen LogP contribution < -0.4 is 10.1 Å². The molecular weight excluding hydrogens is 371 g/mol. The maximum atomic E-state index is 12.2. The zero-order valence-corrected chi connectivity index (χ0v) is 16.0. The molecule has 1 fully saturated rings. The van der Waals surface area contributed by atoms with Gasteiger partial charge in [0.2, 0.25) is 0 Å². The minimum atomic E-state index is -0.170. The van der Waals surface area contributed by atoms with Gasteiger partial charge in [-0.2, -0.15) is 0 Å². The van der Waals surface area contributed by atoms with E-state index in [1.165, 1.54) is 18.4 Å². The lowest BCUT2D eigenvalue weighted by Gasteiger charge is -2.28. The van der Waals surface area contributed by atoms with Gasteiger partial charge in [0, 0.05) is 11.6 Å². The molecule has 138 valence electrons. The molecule has 1 amide bonds. The molecule has 1 saturated heterocycles. The second kappa shape index (κ2) is 9.26. The third kappa shape index (κ3) is 5.13. The van der Waals surface area contributed by atoms with Gasteiger partial charge in [-0.1, -0.05) is 53.5 Å². The third-order valence-corrected chi connectivity index (χ3v) is 5.04. The number of halogens is 2. The Balaban J connectivity index is 1.55. The van der Waals surface area contributed by atoms with Crippen LogP contribution in [-0.2, 0) is 4.79 Å². The molecule has 1 N–H and O–H groups in total. The van der Waals surface area contributed by atoms with Gasteiger partial charge in [0.1, 0.15) is 5.75 Å². The topological polar surface area (TPSA) is 41.6 Å². The molecule has 0 aromatic heterocycles. The van der Waals surface area contributed by atoms with Gasteiger partial charge in [-0.3, -0.25) is 9.69 Å². The van der Waals surface area contributed by atoms with Gasteiger partial charge in [-0.05, 0) is 49.7 Å². The predicted molar refractivity (Wildman–Crippen MR) is 105 cm³/mol. The fraction of sp³-hybridized carbons (Fsp3) is 0.350. The Hall–Kier alpha value is -1.75. The molecule has 0 bridgehead atoms. The van der Waals surface area contributed by atoms with E-state index in [-0.39, 0.29) is 18.6 Å². The van der Waals surface area contributed by atoms with Crippen LogP contribution in [0, 0.1) is 0 Å². The molecule has 0 saturated carbocycles. The number of amides is 1. The van der Waals surface area contributed by atoms with Crippen molar-refractivity contribution in [2.45, 2.75) is 18.9 Å². The Morgan fingerprint density at radius 1 is 1.12 bits per heavy atom. The molecule has 26 heavy (non-hydrogen) atoms. The minimum Gasteiger partial charge on any atom is -0.482 e. The fourth-order valence-electron chi connectivity index (χ4n) is 3.18. The first-order valence-electron chi connectivity index (χ1n) is 8.77. The maximum Gasteiger partial charge on any atom is 0.258 e. The third-order valence-electron chi connectivity index (χ3n) is 4.51. The van der Waals surface area contributed by atoms with Crippen molar-refractivity contribution >= 4 is 29.1 Å². The van der Waals surface area contributed by atoms with Gasteiger partial charge >= 0.3 is 0 Å². The smallest absolute Gasteiger partial charge is 0.258 e. The van der Waals surface area contributed by atoms with Crippen LogP contribution in [0.25, 0.3) is 0 Å². The van der Waals surface area contributed by atoms with Crippen LogP contribution in [0.3, 0.4) is 0 Å². The summed E-state index contributed by atoms with van der Waals surface area (Å²) in [5.41, 5.74) is 1.22. The Morgan fingerprint density at radius 2 is 1.85 bits per heavy atom. The summed E-state index contributed by atoms with van der Waals surface area (Å²) in [5.74, 6) is 0.279. The summed E-state index contributed by atoms with van der Waals surface area (Å²) in [6, 6.07) is 15.4. The quantitative estimate of drug-likeness (QED) is 0.762. The normalized spacial score (nSPS) is 15.6. The number of likely N-dealkylation sites (tertiary alicyclic amines) is 1. The van der Waals surface area contributed by atoms with Gasteiger partial charge in [-0.15, -0.1) is 0 Å². The van der Waals surface area contributed by atoms with E-state index in [4.69, 9.17) is 27.9 Å². The molecule has 1 aliphatic rings. The first kappa shape index (κ1) is 19.0. The maximum absolute atomic E-state index is 12.2. The average molecular weight is 393 g/mol. The highest BCUT2D eigenvalue weighted by Crippen LogP contribution is 2.27. The summed E-state index contributed by atoms with van der Waals surface area (Å²) < 4.78 is 5.50. The van der Waals surface area contributed by atoms with Gasteiger partial charge in [0.05, 0.1) is 11.1 Å².